The van der Waals surface area contributed by atoms with Crippen LogP contribution in [0.3, 0.4) is 0 Å². The van der Waals surface area contributed by atoms with Crippen LogP contribution in [0.2, 0.25) is 0 Å². The van der Waals surface area contributed by atoms with Gasteiger partial charge in [0.2, 0.25) is 11.8 Å². The molecule has 2 atom stereocenters. The van der Waals surface area contributed by atoms with Crippen LogP contribution in [0.1, 0.15) is 215 Å². The summed E-state index contributed by atoms with van der Waals surface area (Å²) in [6, 6.07) is 4.32. The first-order chi connectivity index (χ1) is 32.1. The van der Waals surface area contributed by atoms with E-state index < -0.39 is 35.8 Å². The van der Waals surface area contributed by atoms with Crippen LogP contribution in [0, 0.1) is 0 Å². The van der Waals surface area contributed by atoms with E-state index in [2.05, 4.69) is 45.1 Å². The first kappa shape index (κ1) is 57.2. The highest BCUT2D eigenvalue weighted by molar-refractivity contribution is 5.99. The molecule has 2 aromatic rings. The molecule has 0 aromatic carbocycles. The van der Waals surface area contributed by atoms with Gasteiger partial charge in [-0.3, -0.25) is 29.1 Å². The fourth-order valence-electron chi connectivity index (χ4n) is 7.66. The monoisotopic (exact) mass is 921 g/mol. The lowest BCUT2D eigenvalue weighted by Crippen LogP contribution is -2.42. The number of unbranched alkanes of at least 4 members (excludes halogenated alkanes) is 18. The van der Waals surface area contributed by atoms with Crippen LogP contribution >= 0.6 is 0 Å². The number of ether oxygens (including phenoxy) is 2. The van der Waals surface area contributed by atoms with Gasteiger partial charge in [-0.1, -0.05) is 117 Å². The Labute approximate surface area is 396 Å². The maximum atomic E-state index is 13.5. The molecule has 14 nitrogen and oxygen atoms in total. The van der Waals surface area contributed by atoms with E-state index >= 15 is 0 Å². The Balaban J connectivity index is 1.87. The van der Waals surface area contributed by atoms with E-state index in [1.165, 1.54) is 114 Å². The normalized spacial score (nSPS) is 11.9. The molecule has 0 spiro atoms. The third-order valence-corrected chi connectivity index (χ3v) is 11.6. The summed E-state index contributed by atoms with van der Waals surface area (Å²) in [6.45, 7) is 9.15. The number of rotatable bonds is 39. The van der Waals surface area contributed by atoms with E-state index in [1.54, 1.807) is 13.8 Å². The van der Waals surface area contributed by atoms with Crippen molar-refractivity contribution < 1.29 is 38.2 Å². The molecule has 2 heterocycles. The smallest absolute Gasteiger partial charge is 0.328 e. The van der Waals surface area contributed by atoms with Crippen LogP contribution in [0.4, 0.5) is 0 Å². The molecule has 0 radical (unpaired) electrons. The predicted molar refractivity (Wildman–Crippen MR) is 261 cm³/mol. The molecule has 2 aromatic heterocycles. The molecule has 2 rings (SSSR count). The molecule has 4 N–H and O–H groups in total. The number of nitrogens with zero attached hydrogens (tertiary/aromatic N) is 2. The van der Waals surface area contributed by atoms with E-state index in [1.807, 2.05) is 0 Å². The maximum absolute atomic E-state index is 13.5. The van der Waals surface area contributed by atoms with Gasteiger partial charge in [0.1, 0.15) is 12.1 Å². The largest absolute Gasteiger partial charge is 0.464 e. The molecule has 0 aliphatic heterocycles. The Morgan fingerprint density at radius 3 is 1.17 bits per heavy atom. The van der Waals surface area contributed by atoms with Crippen molar-refractivity contribution in [3.05, 3.63) is 47.8 Å². The Kier molecular flexibility index (Phi) is 32.3. The topological polar surface area (TPSA) is 195 Å². The number of esters is 2. The van der Waals surface area contributed by atoms with Gasteiger partial charge in [0, 0.05) is 49.5 Å². The number of amides is 4. The number of pyridine rings is 2. The van der Waals surface area contributed by atoms with Gasteiger partial charge in [0.25, 0.3) is 11.8 Å². The molecule has 0 aliphatic carbocycles. The van der Waals surface area contributed by atoms with Gasteiger partial charge in [0.05, 0.1) is 24.6 Å². The zero-order valence-electron chi connectivity index (χ0n) is 41.0. The summed E-state index contributed by atoms with van der Waals surface area (Å²) in [7, 11) is 0. The molecule has 0 saturated carbocycles. The van der Waals surface area contributed by atoms with Crippen molar-refractivity contribution in [2.45, 2.75) is 207 Å². The third kappa shape index (κ3) is 26.3. The molecule has 0 bridgehead atoms. The minimum Gasteiger partial charge on any atom is -0.464 e. The van der Waals surface area contributed by atoms with Crippen molar-refractivity contribution in [1.82, 2.24) is 31.2 Å². The second-order valence-corrected chi connectivity index (χ2v) is 17.3. The number of nitrogens with one attached hydrogen (secondary N) is 4. The zero-order valence-corrected chi connectivity index (χ0v) is 41.0. The molecular formula is C52H84N6O8. The molecule has 14 heteroatoms. The van der Waals surface area contributed by atoms with Crippen LogP contribution in [-0.2, 0) is 28.7 Å². The highest BCUT2D eigenvalue weighted by atomic mass is 16.5. The van der Waals surface area contributed by atoms with Gasteiger partial charge in [-0.25, -0.2) is 9.59 Å². The van der Waals surface area contributed by atoms with Crippen molar-refractivity contribution in [3.63, 3.8) is 0 Å². The van der Waals surface area contributed by atoms with E-state index in [-0.39, 0.29) is 36.2 Å². The van der Waals surface area contributed by atoms with Gasteiger partial charge < -0.3 is 30.7 Å². The maximum Gasteiger partial charge on any atom is 0.328 e. The molecule has 66 heavy (non-hydrogen) atoms. The summed E-state index contributed by atoms with van der Waals surface area (Å²) in [4.78, 5) is 86.1. The van der Waals surface area contributed by atoms with Crippen molar-refractivity contribution >= 4 is 35.6 Å². The standard InChI is InChI=1S/C52H84N6O8/c1-5-9-11-13-15-17-19-21-23-31-47(59)55-35-27-25-29-43(51(63)65-7-3)57-49(61)41-33-37-53-45(39-41)46-40-42(34-38-54-46)50(62)58-44(52(64)66-8-4)30-26-28-36-56-48(60)32-24-22-20-18-16-14-12-10-6-2/h33-34,37-40,43-44H,5-32,35-36H2,1-4H3,(H,55,59)(H,56,60)(H,57,61)(H,58,62). The Morgan fingerprint density at radius 2 is 0.818 bits per heavy atom. The van der Waals surface area contributed by atoms with Crippen LogP contribution in [0.5, 0.6) is 0 Å². The van der Waals surface area contributed by atoms with Crippen LogP contribution in [0.25, 0.3) is 11.4 Å². The summed E-state index contributed by atoms with van der Waals surface area (Å²) >= 11 is 0. The third-order valence-electron chi connectivity index (χ3n) is 11.6. The lowest BCUT2D eigenvalue weighted by atomic mass is 10.1. The molecule has 370 valence electrons. The van der Waals surface area contributed by atoms with Crippen molar-refractivity contribution in [1.29, 1.82) is 0 Å². The highest BCUT2D eigenvalue weighted by Crippen LogP contribution is 2.19. The molecule has 4 amide bonds. The first-order valence-electron chi connectivity index (χ1n) is 25.5. The second-order valence-electron chi connectivity index (χ2n) is 17.3. The van der Waals surface area contributed by atoms with Gasteiger partial charge >= 0.3 is 11.9 Å². The van der Waals surface area contributed by atoms with Crippen LogP contribution in [-0.4, -0.2) is 83.9 Å². The van der Waals surface area contributed by atoms with E-state index in [4.69, 9.17) is 9.47 Å². The summed E-state index contributed by atoms with van der Waals surface area (Å²) in [5, 5.41) is 11.5. The predicted octanol–water partition coefficient (Wildman–Crippen LogP) is 9.88. The van der Waals surface area contributed by atoms with E-state index in [0.717, 1.165) is 38.5 Å². The van der Waals surface area contributed by atoms with Crippen molar-refractivity contribution in [2.75, 3.05) is 26.3 Å². The summed E-state index contributed by atoms with van der Waals surface area (Å²) < 4.78 is 10.5. The molecule has 0 saturated heterocycles. The van der Waals surface area contributed by atoms with Crippen molar-refractivity contribution in [2.24, 2.45) is 0 Å². The molecular weight excluding hydrogens is 837 g/mol. The summed E-state index contributed by atoms with van der Waals surface area (Å²) in [6.07, 6.45) is 28.6. The Morgan fingerprint density at radius 1 is 0.470 bits per heavy atom. The SMILES string of the molecule is CCCCCCCCCCCC(=O)NCCCCC(NC(=O)c1ccnc(-c2cc(C(=O)NC(CCCCNC(=O)CCCCCCCCCCC)C(=O)OCC)ccn2)c1)C(=O)OCC. The number of hydrogen-bond acceptors (Lipinski definition) is 10. The van der Waals surface area contributed by atoms with Gasteiger partial charge in [-0.2, -0.15) is 0 Å². The lowest BCUT2D eigenvalue weighted by Gasteiger charge is -2.18. The van der Waals surface area contributed by atoms with Crippen molar-refractivity contribution in [3.8, 4) is 11.4 Å². The molecule has 0 fully saturated rings. The zero-order chi connectivity index (χ0) is 48.0. The second kappa shape index (κ2) is 37.2. The number of hydrogen-bond donors (Lipinski definition) is 4. The average Bonchev–Trinajstić information content (AvgIpc) is 3.32. The molecule has 0 aliphatic rings. The Bertz CT molecular complexity index is 1570. The first-order valence-corrected chi connectivity index (χ1v) is 25.5. The number of carbonyl (C=O) groups excluding carboxylic acids is 6. The van der Waals surface area contributed by atoms with Crippen LogP contribution in [0.15, 0.2) is 36.7 Å². The summed E-state index contributed by atoms with van der Waals surface area (Å²) in [5.74, 6) is -2.02. The fourth-order valence-corrected chi connectivity index (χ4v) is 7.66. The average molecular weight is 921 g/mol. The number of carbonyl (C=O) groups is 6. The fraction of sp³-hybridized carbons (Fsp3) is 0.692. The lowest BCUT2D eigenvalue weighted by molar-refractivity contribution is -0.146. The van der Waals surface area contributed by atoms with E-state index in [0.29, 0.717) is 75.8 Å². The van der Waals surface area contributed by atoms with Gasteiger partial charge in [-0.05, 0) is 89.5 Å². The number of aromatic nitrogens is 2. The van der Waals surface area contributed by atoms with Crippen LogP contribution < -0.4 is 21.3 Å². The van der Waals surface area contributed by atoms with Gasteiger partial charge in [0.15, 0.2) is 0 Å². The quantitative estimate of drug-likeness (QED) is 0.0370. The molecule has 2 unspecified atom stereocenters. The van der Waals surface area contributed by atoms with E-state index in [9.17, 15) is 28.8 Å². The van der Waals surface area contributed by atoms with Gasteiger partial charge in [-0.15, -0.1) is 0 Å². The minimum atomic E-state index is -0.891. The highest BCUT2D eigenvalue weighted by Gasteiger charge is 2.25. The minimum absolute atomic E-state index is 0.0345. The Hall–Kier alpha value is -4.88. The summed E-state index contributed by atoms with van der Waals surface area (Å²) in [5.41, 5.74) is 1.11.